The molecular formula is C16H15ClN2O. The Bertz CT molecular complexity index is 633. The number of hydrogen-bond donors (Lipinski definition) is 2. The van der Waals surface area contributed by atoms with Crippen molar-refractivity contribution in [3.63, 3.8) is 0 Å². The maximum atomic E-state index is 10.5. The first-order valence-corrected chi connectivity index (χ1v) is 6.62. The molecule has 2 N–H and O–H groups in total. The van der Waals surface area contributed by atoms with E-state index < -0.39 is 5.60 Å². The maximum absolute atomic E-state index is 10.5. The molecule has 0 fully saturated rings. The summed E-state index contributed by atoms with van der Waals surface area (Å²) in [5.41, 5.74) is 1.04. The molecular weight excluding hydrogens is 272 g/mol. The zero-order valence-electron chi connectivity index (χ0n) is 11.1. The molecule has 0 radical (unpaired) electrons. The quantitative estimate of drug-likeness (QED) is 0.904. The smallest absolute Gasteiger partial charge is 0.104 e. The third-order valence-electron chi connectivity index (χ3n) is 3.12. The molecule has 0 aromatic heterocycles. The molecule has 0 heterocycles. The second-order valence-corrected chi connectivity index (χ2v) is 5.21. The van der Waals surface area contributed by atoms with Gasteiger partial charge in [0, 0.05) is 6.54 Å². The van der Waals surface area contributed by atoms with E-state index in [0.29, 0.717) is 22.8 Å². The summed E-state index contributed by atoms with van der Waals surface area (Å²) in [4.78, 5) is 0. The van der Waals surface area contributed by atoms with E-state index in [0.717, 1.165) is 5.56 Å². The highest BCUT2D eigenvalue weighted by atomic mass is 35.5. The van der Waals surface area contributed by atoms with Gasteiger partial charge in [-0.25, -0.2) is 0 Å². The van der Waals surface area contributed by atoms with Gasteiger partial charge in [0.2, 0.25) is 0 Å². The highest BCUT2D eigenvalue weighted by Crippen LogP contribution is 2.26. The van der Waals surface area contributed by atoms with Crippen LogP contribution in [0.15, 0.2) is 48.5 Å². The number of nitrogens with zero attached hydrogens (tertiary/aromatic N) is 1. The molecule has 4 heteroatoms. The summed E-state index contributed by atoms with van der Waals surface area (Å²) >= 11 is 6.09. The summed E-state index contributed by atoms with van der Waals surface area (Å²) < 4.78 is 0. The van der Waals surface area contributed by atoms with Gasteiger partial charge in [-0.3, -0.25) is 0 Å². The molecule has 0 aliphatic heterocycles. The van der Waals surface area contributed by atoms with Crippen LogP contribution in [0.3, 0.4) is 0 Å². The van der Waals surface area contributed by atoms with Gasteiger partial charge in [-0.15, -0.1) is 0 Å². The molecule has 2 rings (SSSR count). The number of rotatable bonds is 4. The Morgan fingerprint density at radius 2 is 1.95 bits per heavy atom. The summed E-state index contributed by atoms with van der Waals surface area (Å²) in [5, 5.41) is 22.8. The van der Waals surface area contributed by atoms with Crippen molar-refractivity contribution in [2.45, 2.75) is 12.5 Å². The Morgan fingerprint density at radius 3 is 2.55 bits per heavy atom. The predicted molar refractivity (Wildman–Crippen MR) is 80.7 cm³/mol. The number of aliphatic hydroxyl groups is 1. The zero-order chi connectivity index (χ0) is 14.6. The van der Waals surface area contributed by atoms with Crippen LogP contribution in [0.1, 0.15) is 18.1 Å². The van der Waals surface area contributed by atoms with Gasteiger partial charge in [-0.05, 0) is 30.7 Å². The Balaban J connectivity index is 2.11. The molecule has 20 heavy (non-hydrogen) atoms. The molecule has 0 aliphatic rings. The second-order valence-electron chi connectivity index (χ2n) is 4.80. The Labute approximate surface area is 123 Å². The number of benzene rings is 2. The van der Waals surface area contributed by atoms with Crippen LogP contribution < -0.4 is 5.32 Å². The van der Waals surface area contributed by atoms with Crippen LogP contribution in [0, 0.1) is 11.3 Å². The number of anilines is 1. The third-order valence-corrected chi connectivity index (χ3v) is 3.43. The van der Waals surface area contributed by atoms with Crippen molar-refractivity contribution >= 4 is 17.3 Å². The van der Waals surface area contributed by atoms with Gasteiger partial charge in [-0.2, -0.15) is 5.26 Å². The minimum atomic E-state index is -1.00. The van der Waals surface area contributed by atoms with Crippen molar-refractivity contribution in [3.05, 3.63) is 64.7 Å². The fourth-order valence-corrected chi connectivity index (χ4v) is 2.14. The first kappa shape index (κ1) is 14.4. The van der Waals surface area contributed by atoms with E-state index in [9.17, 15) is 5.11 Å². The SMILES string of the molecule is CC(O)(CNc1ccc(C#N)cc1Cl)c1ccccc1. The van der Waals surface area contributed by atoms with Crippen molar-refractivity contribution < 1.29 is 5.11 Å². The second kappa shape index (κ2) is 5.96. The van der Waals surface area contributed by atoms with E-state index >= 15 is 0 Å². The normalized spacial score (nSPS) is 13.3. The molecule has 2 aromatic rings. The lowest BCUT2D eigenvalue weighted by molar-refractivity contribution is 0.0715. The average Bonchev–Trinajstić information content (AvgIpc) is 2.47. The van der Waals surface area contributed by atoms with E-state index in [1.807, 2.05) is 36.4 Å². The van der Waals surface area contributed by atoms with E-state index in [4.69, 9.17) is 16.9 Å². The molecule has 0 bridgehead atoms. The summed E-state index contributed by atoms with van der Waals surface area (Å²) in [6.45, 7) is 2.06. The maximum Gasteiger partial charge on any atom is 0.104 e. The van der Waals surface area contributed by atoms with Crippen molar-refractivity contribution in [3.8, 4) is 6.07 Å². The minimum absolute atomic E-state index is 0.322. The zero-order valence-corrected chi connectivity index (χ0v) is 11.9. The lowest BCUT2D eigenvalue weighted by Gasteiger charge is -2.25. The molecule has 1 atom stereocenters. The van der Waals surface area contributed by atoms with E-state index in [1.54, 1.807) is 25.1 Å². The van der Waals surface area contributed by atoms with Crippen LogP contribution >= 0.6 is 11.6 Å². The fourth-order valence-electron chi connectivity index (χ4n) is 1.89. The molecule has 0 saturated carbocycles. The lowest BCUT2D eigenvalue weighted by Crippen LogP contribution is -2.30. The molecule has 1 unspecified atom stereocenters. The van der Waals surface area contributed by atoms with Crippen molar-refractivity contribution in [2.75, 3.05) is 11.9 Å². The average molecular weight is 287 g/mol. The highest BCUT2D eigenvalue weighted by molar-refractivity contribution is 6.33. The molecule has 0 aliphatic carbocycles. The van der Waals surface area contributed by atoms with E-state index in [1.165, 1.54) is 0 Å². The highest BCUT2D eigenvalue weighted by Gasteiger charge is 2.22. The number of halogens is 1. The van der Waals surface area contributed by atoms with Crippen LogP contribution in [-0.4, -0.2) is 11.7 Å². The van der Waals surface area contributed by atoms with Gasteiger partial charge in [0.15, 0.2) is 0 Å². The number of nitriles is 1. The lowest BCUT2D eigenvalue weighted by atomic mass is 9.96. The number of hydrogen-bond acceptors (Lipinski definition) is 3. The van der Waals surface area contributed by atoms with Crippen LogP contribution in [0.2, 0.25) is 5.02 Å². The van der Waals surface area contributed by atoms with Crippen molar-refractivity contribution in [1.29, 1.82) is 5.26 Å². The molecule has 0 amide bonds. The van der Waals surface area contributed by atoms with Crippen LogP contribution in [-0.2, 0) is 5.60 Å². The largest absolute Gasteiger partial charge is 0.384 e. The van der Waals surface area contributed by atoms with Crippen LogP contribution in [0.25, 0.3) is 0 Å². The monoisotopic (exact) mass is 286 g/mol. The van der Waals surface area contributed by atoms with Crippen LogP contribution in [0.5, 0.6) is 0 Å². The van der Waals surface area contributed by atoms with Gasteiger partial charge < -0.3 is 10.4 Å². The predicted octanol–water partition coefficient (Wildman–Crippen LogP) is 3.53. The minimum Gasteiger partial charge on any atom is -0.384 e. The first-order chi connectivity index (χ1) is 9.53. The van der Waals surface area contributed by atoms with E-state index in [-0.39, 0.29) is 0 Å². The van der Waals surface area contributed by atoms with Gasteiger partial charge in [0.25, 0.3) is 0 Å². The Morgan fingerprint density at radius 1 is 1.25 bits per heavy atom. The summed E-state index contributed by atoms with van der Waals surface area (Å²) in [5.74, 6) is 0. The van der Waals surface area contributed by atoms with Crippen molar-refractivity contribution in [2.24, 2.45) is 0 Å². The van der Waals surface area contributed by atoms with Gasteiger partial charge >= 0.3 is 0 Å². The summed E-state index contributed by atoms with van der Waals surface area (Å²) in [7, 11) is 0. The van der Waals surface area contributed by atoms with Gasteiger partial charge in [0.05, 0.1) is 22.3 Å². The van der Waals surface area contributed by atoms with Crippen molar-refractivity contribution in [1.82, 2.24) is 0 Å². The van der Waals surface area contributed by atoms with Gasteiger partial charge in [-0.1, -0.05) is 41.9 Å². The molecule has 3 nitrogen and oxygen atoms in total. The van der Waals surface area contributed by atoms with E-state index in [2.05, 4.69) is 5.32 Å². The molecule has 2 aromatic carbocycles. The Kier molecular flexibility index (Phi) is 4.29. The first-order valence-electron chi connectivity index (χ1n) is 6.24. The summed E-state index contributed by atoms with van der Waals surface area (Å²) in [6, 6.07) is 16.5. The van der Waals surface area contributed by atoms with Crippen LogP contribution in [0.4, 0.5) is 5.69 Å². The molecule has 0 saturated heterocycles. The van der Waals surface area contributed by atoms with Gasteiger partial charge in [0.1, 0.15) is 5.60 Å². The molecule has 0 spiro atoms. The Hall–Kier alpha value is -2.02. The third kappa shape index (κ3) is 3.30. The fraction of sp³-hybridized carbons (Fsp3) is 0.188. The standard InChI is InChI=1S/C16H15ClN2O/c1-16(20,13-5-3-2-4-6-13)11-19-15-8-7-12(10-18)9-14(15)17/h2-9,19-20H,11H2,1H3. The topological polar surface area (TPSA) is 56.0 Å². The summed E-state index contributed by atoms with van der Waals surface area (Å²) in [6.07, 6.45) is 0. The number of nitrogens with one attached hydrogen (secondary N) is 1. The molecule has 102 valence electrons.